The van der Waals surface area contributed by atoms with Crippen molar-refractivity contribution >= 4 is 9.03 Å². The van der Waals surface area contributed by atoms with Gasteiger partial charge in [0.1, 0.15) is 11.5 Å². The van der Waals surface area contributed by atoms with Crippen LogP contribution in [0.25, 0.3) is 0 Å². The summed E-state index contributed by atoms with van der Waals surface area (Å²) >= 11 is 0. The Morgan fingerprint density at radius 3 is 1.16 bits per heavy atom. The molecule has 1 aliphatic rings. The van der Waals surface area contributed by atoms with E-state index in [0.717, 1.165) is 17.9 Å². The summed E-state index contributed by atoms with van der Waals surface area (Å²) in [4.78, 5) is 0. The van der Waals surface area contributed by atoms with Crippen molar-refractivity contribution in [1.29, 1.82) is 0 Å². The zero-order valence-corrected chi connectivity index (χ0v) is 23.3. The maximum Gasteiger partial charge on any atom is 0.275 e. The van der Waals surface area contributed by atoms with Crippen LogP contribution in [0.5, 0.6) is 11.5 Å². The predicted octanol–water partition coefficient (Wildman–Crippen LogP) is 8.75. The van der Waals surface area contributed by atoms with Crippen molar-refractivity contribution < 1.29 is 9.05 Å². The molecule has 3 rings (SSSR count). The Labute approximate surface area is 198 Å². The third-order valence-corrected chi connectivity index (χ3v) is 6.92. The first kappa shape index (κ1) is 25.1. The van der Waals surface area contributed by atoms with Gasteiger partial charge in [0.2, 0.25) is 0 Å². The average molecular weight is 455 g/mol. The Hall–Kier alpha value is -1.53. The van der Waals surface area contributed by atoms with Crippen LogP contribution in [0.2, 0.25) is 0 Å². The fourth-order valence-electron chi connectivity index (χ4n) is 4.17. The smallest absolute Gasteiger partial charge is 0.275 e. The first-order valence-electron chi connectivity index (χ1n) is 11.8. The molecule has 0 saturated heterocycles. The van der Waals surface area contributed by atoms with Gasteiger partial charge in [-0.15, -0.1) is 0 Å². The Bertz CT molecular complexity index is 924. The Balaban J connectivity index is 2.31. The first-order chi connectivity index (χ1) is 14.4. The van der Waals surface area contributed by atoms with Crippen molar-refractivity contribution in [1.82, 2.24) is 0 Å². The quantitative estimate of drug-likeness (QED) is 0.370. The SMILES string of the molecule is CC(C)(C)c1cc2c(c(C(C)(C)C)c1)OPOc1c(cc(C(C)(C)C)cc1C(C)(C)C)C2. The van der Waals surface area contributed by atoms with Gasteiger partial charge in [0.05, 0.1) is 0 Å². The second kappa shape index (κ2) is 8.05. The molecule has 0 unspecified atom stereocenters. The minimum atomic E-state index is -0.0579. The molecule has 32 heavy (non-hydrogen) atoms. The lowest BCUT2D eigenvalue weighted by Gasteiger charge is -2.33. The average Bonchev–Trinajstić information content (AvgIpc) is 2.57. The first-order valence-corrected chi connectivity index (χ1v) is 12.6. The third-order valence-electron chi connectivity index (χ3n) is 6.35. The van der Waals surface area contributed by atoms with E-state index in [0.29, 0.717) is 0 Å². The van der Waals surface area contributed by atoms with Gasteiger partial charge >= 0.3 is 0 Å². The molecule has 2 aromatic carbocycles. The summed E-state index contributed by atoms with van der Waals surface area (Å²) in [5, 5.41) is 0. The van der Waals surface area contributed by atoms with Crippen molar-refractivity contribution in [3.8, 4) is 11.5 Å². The van der Waals surface area contributed by atoms with Gasteiger partial charge in [-0.05, 0) is 43.9 Å². The molecule has 1 aliphatic heterocycles. The van der Waals surface area contributed by atoms with Gasteiger partial charge in [0, 0.05) is 17.5 Å². The molecule has 0 N–H and O–H groups in total. The van der Waals surface area contributed by atoms with Crippen LogP contribution in [0.4, 0.5) is 0 Å². The molecule has 0 amide bonds. The molecule has 0 aromatic heterocycles. The third kappa shape index (κ3) is 5.17. The second-order valence-corrected chi connectivity index (χ2v) is 14.1. The maximum atomic E-state index is 6.38. The van der Waals surface area contributed by atoms with E-state index >= 15 is 0 Å². The Kier molecular flexibility index (Phi) is 6.31. The number of fused-ring (bicyclic) bond motifs is 2. The van der Waals surface area contributed by atoms with E-state index in [9.17, 15) is 0 Å². The highest BCUT2D eigenvalue weighted by Gasteiger charge is 2.31. The van der Waals surface area contributed by atoms with E-state index in [1.165, 1.54) is 33.4 Å². The number of hydrogen-bond acceptors (Lipinski definition) is 2. The summed E-state index contributed by atoms with van der Waals surface area (Å²) in [5.41, 5.74) is 7.91. The van der Waals surface area contributed by atoms with Crippen LogP contribution >= 0.6 is 9.03 Å². The fraction of sp³-hybridized carbons (Fsp3) is 0.586. The summed E-state index contributed by atoms with van der Waals surface area (Å²) in [7, 11) is -0.0579. The monoisotopic (exact) mass is 454 g/mol. The number of rotatable bonds is 0. The summed E-state index contributed by atoms with van der Waals surface area (Å²) in [6.07, 6.45) is 0.815. The zero-order chi connectivity index (χ0) is 24.3. The van der Waals surface area contributed by atoms with E-state index in [1.807, 2.05) is 0 Å². The van der Waals surface area contributed by atoms with E-state index < -0.39 is 0 Å². The van der Waals surface area contributed by atoms with E-state index in [2.05, 4.69) is 107 Å². The van der Waals surface area contributed by atoms with Gasteiger partial charge in [-0.25, -0.2) is 0 Å². The van der Waals surface area contributed by atoms with Crippen LogP contribution in [-0.2, 0) is 28.1 Å². The highest BCUT2D eigenvalue weighted by Crippen LogP contribution is 2.47. The second-order valence-electron chi connectivity index (χ2n) is 13.5. The van der Waals surface area contributed by atoms with Crippen molar-refractivity contribution in [3.63, 3.8) is 0 Å². The molecule has 1 heterocycles. The van der Waals surface area contributed by atoms with Gasteiger partial charge < -0.3 is 9.05 Å². The van der Waals surface area contributed by atoms with Crippen LogP contribution in [0, 0.1) is 0 Å². The highest BCUT2D eigenvalue weighted by atomic mass is 31.1. The molecule has 2 aromatic rings. The van der Waals surface area contributed by atoms with E-state index in [-0.39, 0.29) is 30.7 Å². The summed E-state index contributed by atoms with van der Waals surface area (Å²) in [6, 6.07) is 9.42. The van der Waals surface area contributed by atoms with E-state index in [1.54, 1.807) is 0 Å². The molecule has 0 atom stereocenters. The zero-order valence-electron chi connectivity index (χ0n) is 22.3. The van der Waals surface area contributed by atoms with E-state index in [4.69, 9.17) is 9.05 Å². The summed E-state index contributed by atoms with van der Waals surface area (Å²) in [6.45, 7) is 27.4. The summed E-state index contributed by atoms with van der Waals surface area (Å²) < 4.78 is 12.8. The van der Waals surface area contributed by atoms with Crippen LogP contribution < -0.4 is 9.05 Å². The molecule has 176 valence electrons. The van der Waals surface area contributed by atoms with Crippen LogP contribution in [0.3, 0.4) is 0 Å². The van der Waals surface area contributed by atoms with Gasteiger partial charge in [-0.2, -0.15) is 0 Å². The Morgan fingerprint density at radius 2 is 0.875 bits per heavy atom. The number of benzene rings is 2. The molecule has 0 spiro atoms. The maximum absolute atomic E-state index is 6.38. The summed E-state index contributed by atoms with van der Waals surface area (Å²) in [5.74, 6) is 2.01. The molecule has 2 nitrogen and oxygen atoms in total. The molecule has 0 radical (unpaired) electrons. The van der Waals surface area contributed by atoms with Gasteiger partial charge in [-0.1, -0.05) is 107 Å². The topological polar surface area (TPSA) is 18.5 Å². The van der Waals surface area contributed by atoms with Crippen LogP contribution in [0.1, 0.15) is 116 Å². The molecular weight excluding hydrogens is 411 g/mol. The predicted molar refractivity (Wildman–Crippen MR) is 140 cm³/mol. The molecule has 3 heteroatoms. The van der Waals surface area contributed by atoms with Gasteiger partial charge in [-0.3, -0.25) is 0 Å². The molecular formula is C29H43O2P. The Morgan fingerprint density at radius 1 is 0.531 bits per heavy atom. The fourth-order valence-corrected chi connectivity index (χ4v) is 4.86. The number of hydrogen-bond donors (Lipinski definition) is 0. The van der Waals surface area contributed by atoms with Crippen LogP contribution in [0.15, 0.2) is 24.3 Å². The lowest BCUT2D eigenvalue weighted by Crippen LogP contribution is -2.21. The van der Waals surface area contributed by atoms with Crippen molar-refractivity contribution in [3.05, 3.63) is 57.6 Å². The lowest BCUT2D eigenvalue weighted by molar-refractivity contribution is 0.463. The molecule has 0 bridgehead atoms. The minimum Gasteiger partial charge on any atom is -0.440 e. The van der Waals surface area contributed by atoms with Crippen molar-refractivity contribution in [2.75, 3.05) is 0 Å². The van der Waals surface area contributed by atoms with Crippen molar-refractivity contribution in [2.45, 2.75) is 111 Å². The minimum absolute atomic E-state index is 0.0122. The normalized spacial score (nSPS) is 15.1. The lowest BCUT2D eigenvalue weighted by atomic mass is 9.76. The standard InChI is InChI=1S/C29H43O2P/c1-26(2,3)20-14-18-13-19-15-21(27(4,5)6)17-23(29(10,11)12)25(19)31-32-30-24(18)22(16-20)28(7,8)9/h14-17,32H,13H2,1-12H3. The van der Waals surface area contributed by atoms with Gasteiger partial charge in [0.25, 0.3) is 9.03 Å². The molecule has 0 fully saturated rings. The molecule has 0 saturated carbocycles. The van der Waals surface area contributed by atoms with Crippen molar-refractivity contribution in [2.24, 2.45) is 0 Å². The highest BCUT2D eigenvalue weighted by molar-refractivity contribution is 7.27. The van der Waals surface area contributed by atoms with Gasteiger partial charge in [0.15, 0.2) is 0 Å². The largest absolute Gasteiger partial charge is 0.440 e. The molecule has 0 aliphatic carbocycles. The van der Waals surface area contributed by atoms with Crippen LogP contribution in [-0.4, -0.2) is 0 Å².